The SMILES string of the molecule is CC(=O)Oc1ccc(CCc2ccc(N)cc2)c(OC(C)=O)c1. The molecule has 2 aromatic rings. The minimum Gasteiger partial charge on any atom is -0.427 e. The number of rotatable bonds is 5. The molecule has 2 N–H and O–H groups in total. The van der Waals surface area contributed by atoms with Crippen molar-refractivity contribution in [3.8, 4) is 11.5 Å². The second-order valence-corrected chi connectivity index (χ2v) is 5.20. The molecule has 0 saturated carbocycles. The van der Waals surface area contributed by atoms with Crippen LogP contribution in [0.15, 0.2) is 42.5 Å². The number of benzene rings is 2. The Morgan fingerprint density at radius 1 is 0.913 bits per heavy atom. The molecule has 0 fully saturated rings. The molecule has 0 spiro atoms. The standard InChI is InChI=1S/C18H19NO4/c1-12(20)22-17-10-7-15(18(11-17)23-13(2)21)6-3-14-4-8-16(19)9-5-14/h4-5,7-11H,3,6,19H2,1-2H3. The van der Waals surface area contributed by atoms with Crippen molar-refractivity contribution in [3.05, 3.63) is 53.6 Å². The highest BCUT2D eigenvalue weighted by atomic mass is 16.5. The Hall–Kier alpha value is -2.82. The van der Waals surface area contributed by atoms with Crippen molar-refractivity contribution in [1.82, 2.24) is 0 Å². The first-order valence-corrected chi connectivity index (χ1v) is 7.28. The number of hydrogen-bond acceptors (Lipinski definition) is 5. The molecule has 5 nitrogen and oxygen atoms in total. The number of hydrogen-bond donors (Lipinski definition) is 1. The summed E-state index contributed by atoms with van der Waals surface area (Å²) in [6.07, 6.45) is 1.47. The van der Waals surface area contributed by atoms with E-state index in [0.29, 0.717) is 17.9 Å². The van der Waals surface area contributed by atoms with Gasteiger partial charge in [0.05, 0.1) is 0 Å². The molecule has 2 rings (SSSR count). The Labute approximate surface area is 135 Å². The van der Waals surface area contributed by atoms with E-state index in [1.54, 1.807) is 18.2 Å². The molecule has 2 aromatic carbocycles. The van der Waals surface area contributed by atoms with Crippen molar-refractivity contribution >= 4 is 17.6 Å². The van der Waals surface area contributed by atoms with Crippen molar-refractivity contribution in [2.75, 3.05) is 5.73 Å². The fourth-order valence-electron chi connectivity index (χ4n) is 2.18. The van der Waals surface area contributed by atoms with Crippen LogP contribution >= 0.6 is 0 Å². The maximum Gasteiger partial charge on any atom is 0.308 e. The lowest BCUT2D eigenvalue weighted by molar-refractivity contribution is -0.132. The highest BCUT2D eigenvalue weighted by molar-refractivity contribution is 5.71. The van der Waals surface area contributed by atoms with Crippen molar-refractivity contribution < 1.29 is 19.1 Å². The van der Waals surface area contributed by atoms with Gasteiger partial charge in [-0.25, -0.2) is 0 Å². The van der Waals surface area contributed by atoms with Crippen LogP contribution in [0.2, 0.25) is 0 Å². The molecule has 0 saturated heterocycles. The van der Waals surface area contributed by atoms with Crippen LogP contribution in [0.25, 0.3) is 0 Å². The number of aryl methyl sites for hydroxylation is 2. The fourth-order valence-corrected chi connectivity index (χ4v) is 2.18. The van der Waals surface area contributed by atoms with E-state index in [1.807, 2.05) is 24.3 Å². The number of esters is 2. The lowest BCUT2D eigenvalue weighted by Crippen LogP contribution is -2.07. The Balaban J connectivity index is 2.16. The van der Waals surface area contributed by atoms with E-state index in [-0.39, 0.29) is 0 Å². The Morgan fingerprint density at radius 2 is 1.57 bits per heavy atom. The van der Waals surface area contributed by atoms with Crippen LogP contribution in [0.5, 0.6) is 11.5 Å². The molecule has 0 aliphatic carbocycles. The van der Waals surface area contributed by atoms with Crippen LogP contribution < -0.4 is 15.2 Å². The van der Waals surface area contributed by atoms with Gasteiger partial charge in [0.15, 0.2) is 0 Å². The smallest absolute Gasteiger partial charge is 0.308 e. The average molecular weight is 313 g/mol. The second-order valence-electron chi connectivity index (χ2n) is 5.20. The highest BCUT2D eigenvalue weighted by Gasteiger charge is 2.10. The van der Waals surface area contributed by atoms with E-state index in [9.17, 15) is 9.59 Å². The summed E-state index contributed by atoms with van der Waals surface area (Å²) in [5.41, 5.74) is 8.40. The van der Waals surface area contributed by atoms with E-state index in [2.05, 4.69) is 0 Å². The van der Waals surface area contributed by atoms with Crippen molar-refractivity contribution in [2.24, 2.45) is 0 Å². The maximum absolute atomic E-state index is 11.3. The van der Waals surface area contributed by atoms with Gasteiger partial charge in [-0.05, 0) is 42.2 Å². The first kappa shape index (κ1) is 16.5. The van der Waals surface area contributed by atoms with Crippen LogP contribution in [0, 0.1) is 0 Å². The number of anilines is 1. The predicted octanol–water partition coefficient (Wildman–Crippen LogP) is 2.90. The normalized spacial score (nSPS) is 10.2. The van der Waals surface area contributed by atoms with Gasteiger partial charge in [0.2, 0.25) is 0 Å². The zero-order valence-electron chi connectivity index (χ0n) is 13.2. The van der Waals surface area contributed by atoms with Crippen molar-refractivity contribution in [1.29, 1.82) is 0 Å². The molecule has 0 atom stereocenters. The Kier molecular flexibility index (Phi) is 5.36. The van der Waals surface area contributed by atoms with Gasteiger partial charge in [-0.3, -0.25) is 9.59 Å². The molecule has 0 bridgehead atoms. The fraction of sp³-hybridized carbons (Fsp3) is 0.222. The summed E-state index contributed by atoms with van der Waals surface area (Å²) in [4.78, 5) is 22.3. The van der Waals surface area contributed by atoms with Crippen molar-refractivity contribution in [2.45, 2.75) is 26.7 Å². The van der Waals surface area contributed by atoms with E-state index in [0.717, 1.165) is 23.2 Å². The second kappa shape index (κ2) is 7.45. The summed E-state index contributed by atoms with van der Waals surface area (Å²) in [6.45, 7) is 2.66. The number of nitrogen functional groups attached to an aromatic ring is 1. The molecule has 0 aliphatic heterocycles. The quantitative estimate of drug-likeness (QED) is 0.521. The molecule has 5 heteroatoms. The van der Waals surface area contributed by atoms with E-state index in [4.69, 9.17) is 15.2 Å². The topological polar surface area (TPSA) is 78.6 Å². The zero-order valence-corrected chi connectivity index (χ0v) is 13.2. The Morgan fingerprint density at radius 3 is 2.17 bits per heavy atom. The van der Waals surface area contributed by atoms with Gasteiger partial charge in [0.1, 0.15) is 11.5 Å². The van der Waals surface area contributed by atoms with Gasteiger partial charge in [-0.1, -0.05) is 18.2 Å². The molecular weight excluding hydrogens is 294 g/mol. The van der Waals surface area contributed by atoms with E-state index in [1.165, 1.54) is 13.8 Å². The van der Waals surface area contributed by atoms with Crippen LogP contribution in [0.3, 0.4) is 0 Å². The summed E-state index contributed by atoms with van der Waals surface area (Å²) in [6, 6.07) is 12.7. The number of nitrogens with two attached hydrogens (primary N) is 1. The lowest BCUT2D eigenvalue weighted by Gasteiger charge is -2.11. The molecule has 0 radical (unpaired) electrons. The van der Waals surface area contributed by atoms with Gasteiger partial charge in [-0.15, -0.1) is 0 Å². The van der Waals surface area contributed by atoms with Crippen LogP contribution in [-0.2, 0) is 22.4 Å². The third-order valence-corrected chi connectivity index (χ3v) is 3.22. The number of carbonyl (C=O) groups excluding carboxylic acids is 2. The van der Waals surface area contributed by atoms with Gasteiger partial charge >= 0.3 is 11.9 Å². The first-order valence-electron chi connectivity index (χ1n) is 7.28. The molecule has 0 heterocycles. The van der Waals surface area contributed by atoms with Crippen LogP contribution in [0.1, 0.15) is 25.0 Å². The predicted molar refractivity (Wildman–Crippen MR) is 87.3 cm³/mol. The molecule has 0 unspecified atom stereocenters. The van der Waals surface area contributed by atoms with Gasteiger partial charge in [0.25, 0.3) is 0 Å². The van der Waals surface area contributed by atoms with E-state index >= 15 is 0 Å². The van der Waals surface area contributed by atoms with Crippen LogP contribution in [-0.4, -0.2) is 11.9 Å². The molecule has 0 aliphatic rings. The average Bonchev–Trinajstić information content (AvgIpc) is 2.47. The van der Waals surface area contributed by atoms with Gasteiger partial charge in [-0.2, -0.15) is 0 Å². The summed E-state index contributed by atoms with van der Waals surface area (Å²) in [5.74, 6) is -0.0798. The highest BCUT2D eigenvalue weighted by Crippen LogP contribution is 2.27. The summed E-state index contributed by atoms with van der Waals surface area (Å²) < 4.78 is 10.2. The van der Waals surface area contributed by atoms with Gasteiger partial charge < -0.3 is 15.2 Å². The Bertz CT molecular complexity index is 707. The maximum atomic E-state index is 11.3. The molecule has 120 valence electrons. The summed E-state index contributed by atoms with van der Waals surface area (Å²) in [7, 11) is 0. The zero-order chi connectivity index (χ0) is 16.8. The summed E-state index contributed by atoms with van der Waals surface area (Å²) in [5, 5.41) is 0. The molecular formula is C18H19NO4. The van der Waals surface area contributed by atoms with E-state index < -0.39 is 11.9 Å². The minimum atomic E-state index is -0.423. The minimum absolute atomic E-state index is 0.352. The largest absolute Gasteiger partial charge is 0.427 e. The third-order valence-electron chi connectivity index (χ3n) is 3.22. The third kappa shape index (κ3) is 5.14. The summed E-state index contributed by atoms with van der Waals surface area (Å²) >= 11 is 0. The van der Waals surface area contributed by atoms with Crippen LogP contribution in [0.4, 0.5) is 5.69 Å². The van der Waals surface area contributed by atoms with Gasteiger partial charge in [0, 0.05) is 25.6 Å². The lowest BCUT2D eigenvalue weighted by atomic mass is 10.0. The number of carbonyl (C=O) groups is 2. The molecule has 0 amide bonds. The molecule has 23 heavy (non-hydrogen) atoms. The van der Waals surface area contributed by atoms with Crippen molar-refractivity contribution in [3.63, 3.8) is 0 Å². The first-order chi connectivity index (χ1) is 10.9. The molecule has 0 aromatic heterocycles. The number of ether oxygens (including phenoxy) is 2. The monoisotopic (exact) mass is 313 g/mol.